The SMILES string of the molecule is CCCCCCN(CC(=O)Nc1nccs1)C(=O)c1ccc(OC)cc1. The predicted octanol–water partition coefficient (Wildman–Crippen LogP) is 3.81. The maximum atomic E-state index is 12.8. The molecule has 0 saturated carbocycles. The quantitative estimate of drug-likeness (QED) is 0.641. The molecule has 1 N–H and O–H groups in total. The number of ether oxygens (including phenoxy) is 1. The fourth-order valence-electron chi connectivity index (χ4n) is 2.52. The highest BCUT2D eigenvalue weighted by Gasteiger charge is 2.19. The Balaban J connectivity index is 2.02. The fourth-order valence-corrected chi connectivity index (χ4v) is 3.06. The molecule has 0 atom stereocenters. The van der Waals surface area contributed by atoms with E-state index in [1.807, 2.05) is 0 Å². The molecule has 26 heavy (non-hydrogen) atoms. The molecule has 0 fully saturated rings. The lowest BCUT2D eigenvalue weighted by molar-refractivity contribution is -0.116. The summed E-state index contributed by atoms with van der Waals surface area (Å²) in [5, 5.41) is 5.07. The van der Waals surface area contributed by atoms with Gasteiger partial charge in [-0.15, -0.1) is 11.3 Å². The van der Waals surface area contributed by atoms with Gasteiger partial charge in [0, 0.05) is 23.7 Å². The Labute approximate surface area is 158 Å². The van der Waals surface area contributed by atoms with E-state index in [1.54, 1.807) is 47.9 Å². The molecular formula is C19H25N3O3S. The molecule has 1 aromatic carbocycles. The molecule has 0 aliphatic rings. The first-order chi connectivity index (χ1) is 12.6. The third kappa shape index (κ3) is 6.15. The third-order valence-electron chi connectivity index (χ3n) is 3.92. The number of hydrogen-bond acceptors (Lipinski definition) is 5. The van der Waals surface area contributed by atoms with Crippen molar-refractivity contribution in [2.45, 2.75) is 32.6 Å². The lowest BCUT2D eigenvalue weighted by Crippen LogP contribution is -2.38. The van der Waals surface area contributed by atoms with Crippen molar-refractivity contribution in [3.05, 3.63) is 41.4 Å². The predicted molar refractivity (Wildman–Crippen MR) is 104 cm³/mol. The van der Waals surface area contributed by atoms with Crippen molar-refractivity contribution < 1.29 is 14.3 Å². The van der Waals surface area contributed by atoms with Gasteiger partial charge in [-0.1, -0.05) is 26.2 Å². The molecule has 2 amide bonds. The van der Waals surface area contributed by atoms with Crippen LogP contribution in [0, 0.1) is 0 Å². The number of carbonyl (C=O) groups excluding carboxylic acids is 2. The number of nitrogens with one attached hydrogen (secondary N) is 1. The van der Waals surface area contributed by atoms with Crippen molar-refractivity contribution in [1.82, 2.24) is 9.88 Å². The lowest BCUT2D eigenvalue weighted by atomic mass is 10.1. The second-order valence-corrected chi connectivity index (χ2v) is 6.80. The van der Waals surface area contributed by atoms with Gasteiger partial charge in [-0.3, -0.25) is 9.59 Å². The van der Waals surface area contributed by atoms with E-state index in [0.29, 0.717) is 23.0 Å². The minimum atomic E-state index is -0.239. The molecule has 2 aromatic rings. The van der Waals surface area contributed by atoms with E-state index in [0.717, 1.165) is 25.7 Å². The smallest absolute Gasteiger partial charge is 0.254 e. The number of hydrogen-bond donors (Lipinski definition) is 1. The first-order valence-electron chi connectivity index (χ1n) is 8.76. The number of rotatable bonds is 10. The van der Waals surface area contributed by atoms with E-state index in [1.165, 1.54) is 11.3 Å². The molecule has 0 aliphatic heterocycles. The van der Waals surface area contributed by atoms with Crippen LogP contribution < -0.4 is 10.1 Å². The van der Waals surface area contributed by atoms with Crippen LogP contribution in [0.15, 0.2) is 35.8 Å². The molecule has 0 bridgehead atoms. The summed E-state index contributed by atoms with van der Waals surface area (Å²) in [5.74, 6) is 0.299. The minimum Gasteiger partial charge on any atom is -0.497 e. The van der Waals surface area contributed by atoms with Gasteiger partial charge in [0.25, 0.3) is 5.91 Å². The second-order valence-electron chi connectivity index (χ2n) is 5.90. The van der Waals surface area contributed by atoms with Crippen molar-refractivity contribution in [2.75, 3.05) is 25.5 Å². The number of methoxy groups -OCH3 is 1. The van der Waals surface area contributed by atoms with Crippen LogP contribution in [0.5, 0.6) is 5.75 Å². The van der Waals surface area contributed by atoms with Gasteiger partial charge < -0.3 is 15.0 Å². The fraction of sp³-hybridized carbons (Fsp3) is 0.421. The molecule has 140 valence electrons. The average Bonchev–Trinajstić information content (AvgIpc) is 3.16. The Kier molecular flexibility index (Phi) is 8.08. The average molecular weight is 375 g/mol. The molecule has 7 heteroatoms. The van der Waals surface area contributed by atoms with Crippen LogP contribution in [0.25, 0.3) is 0 Å². The van der Waals surface area contributed by atoms with E-state index in [-0.39, 0.29) is 18.4 Å². The van der Waals surface area contributed by atoms with Crippen LogP contribution >= 0.6 is 11.3 Å². The van der Waals surface area contributed by atoms with E-state index < -0.39 is 0 Å². The van der Waals surface area contributed by atoms with Gasteiger partial charge in [0.05, 0.1) is 7.11 Å². The maximum Gasteiger partial charge on any atom is 0.254 e. The highest BCUT2D eigenvalue weighted by atomic mass is 32.1. The first-order valence-corrected chi connectivity index (χ1v) is 9.64. The number of thiazole rings is 1. The molecule has 0 spiro atoms. The van der Waals surface area contributed by atoms with Crippen molar-refractivity contribution in [1.29, 1.82) is 0 Å². The number of nitrogens with zero attached hydrogens (tertiary/aromatic N) is 2. The molecule has 0 unspecified atom stereocenters. The van der Waals surface area contributed by atoms with Gasteiger partial charge in [-0.05, 0) is 30.7 Å². The highest BCUT2D eigenvalue weighted by Crippen LogP contribution is 2.15. The summed E-state index contributed by atoms with van der Waals surface area (Å²) in [4.78, 5) is 30.8. The minimum absolute atomic E-state index is 0.0105. The van der Waals surface area contributed by atoms with Crippen LogP contribution in [-0.4, -0.2) is 41.9 Å². The van der Waals surface area contributed by atoms with E-state index in [9.17, 15) is 9.59 Å². The number of benzene rings is 1. The molecular weight excluding hydrogens is 350 g/mol. The highest BCUT2D eigenvalue weighted by molar-refractivity contribution is 7.13. The van der Waals surface area contributed by atoms with E-state index >= 15 is 0 Å². The topological polar surface area (TPSA) is 71.5 Å². The Bertz CT molecular complexity index is 687. The number of carbonyl (C=O) groups is 2. The molecule has 2 rings (SSSR count). The van der Waals surface area contributed by atoms with Crippen molar-refractivity contribution in [3.8, 4) is 5.75 Å². The zero-order chi connectivity index (χ0) is 18.8. The van der Waals surface area contributed by atoms with Crippen LogP contribution in [0.2, 0.25) is 0 Å². The summed E-state index contributed by atoms with van der Waals surface area (Å²) in [6, 6.07) is 6.94. The Morgan fingerprint density at radius 1 is 1.19 bits per heavy atom. The van der Waals surface area contributed by atoms with Gasteiger partial charge in [-0.25, -0.2) is 4.98 Å². The first kappa shape index (κ1) is 19.9. The summed E-state index contributed by atoms with van der Waals surface area (Å²) in [7, 11) is 1.58. The Hall–Kier alpha value is -2.41. The summed E-state index contributed by atoms with van der Waals surface area (Å²) in [6.07, 6.45) is 5.79. The van der Waals surface area contributed by atoms with Gasteiger partial charge >= 0.3 is 0 Å². The molecule has 1 heterocycles. The van der Waals surface area contributed by atoms with Gasteiger partial charge in [-0.2, -0.15) is 0 Å². The molecule has 0 radical (unpaired) electrons. The standard InChI is InChI=1S/C19H25N3O3S/c1-3-4-5-6-12-22(14-17(23)21-19-20-11-13-26-19)18(24)15-7-9-16(25-2)10-8-15/h7-11,13H,3-6,12,14H2,1-2H3,(H,20,21,23). The van der Waals surface area contributed by atoms with Gasteiger partial charge in [0.15, 0.2) is 5.13 Å². The lowest BCUT2D eigenvalue weighted by Gasteiger charge is -2.22. The van der Waals surface area contributed by atoms with Crippen molar-refractivity contribution >= 4 is 28.3 Å². The van der Waals surface area contributed by atoms with Crippen LogP contribution in [0.1, 0.15) is 43.0 Å². The molecule has 6 nitrogen and oxygen atoms in total. The largest absolute Gasteiger partial charge is 0.497 e. The number of unbranched alkanes of at least 4 members (excludes halogenated alkanes) is 3. The summed E-state index contributed by atoms with van der Waals surface area (Å²) < 4.78 is 5.13. The zero-order valence-electron chi connectivity index (χ0n) is 15.2. The number of aromatic nitrogens is 1. The Morgan fingerprint density at radius 2 is 1.96 bits per heavy atom. The van der Waals surface area contributed by atoms with Gasteiger partial charge in [0.1, 0.15) is 12.3 Å². The third-order valence-corrected chi connectivity index (χ3v) is 4.61. The van der Waals surface area contributed by atoms with E-state index in [4.69, 9.17) is 4.74 Å². The number of anilines is 1. The monoisotopic (exact) mass is 375 g/mol. The maximum absolute atomic E-state index is 12.8. The normalized spacial score (nSPS) is 10.4. The zero-order valence-corrected chi connectivity index (χ0v) is 16.1. The van der Waals surface area contributed by atoms with Crippen molar-refractivity contribution in [3.63, 3.8) is 0 Å². The van der Waals surface area contributed by atoms with E-state index in [2.05, 4.69) is 17.2 Å². The molecule has 1 aromatic heterocycles. The summed E-state index contributed by atoms with van der Waals surface area (Å²) in [5.41, 5.74) is 0.545. The second kappa shape index (κ2) is 10.6. The van der Waals surface area contributed by atoms with Crippen LogP contribution in [-0.2, 0) is 4.79 Å². The van der Waals surface area contributed by atoms with Gasteiger partial charge in [0.2, 0.25) is 5.91 Å². The molecule has 0 saturated heterocycles. The summed E-state index contributed by atoms with van der Waals surface area (Å²) >= 11 is 1.35. The molecule has 0 aliphatic carbocycles. The Morgan fingerprint density at radius 3 is 2.58 bits per heavy atom. The van der Waals surface area contributed by atoms with Crippen LogP contribution in [0.3, 0.4) is 0 Å². The summed E-state index contributed by atoms with van der Waals surface area (Å²) in [6.45, 7) is 2.70. The van der Waals surface area contributed by atoms with Crippen molar-refractivity contribution in [2.24, 2.45) is 0 Å². The number of amides is 2. The van der Waals surface area contributed by atoms with Crippen LogP contribution in [0.4, 0.5) is 5.13 Å².